The van der Waals surface area contributed by atoms with Crippen LogP contribution in [0.5, 0.6) is 0 Å². The monoisotopic (exact) mass is 1110 g/mol. The number of carbonyl (C=O) groups is 1. The third-order valence-electron chi connectivity index (χ3n) is 16.0. The highest BCUT2D eigenvalue weighted by atomic mass is 16.7. The third-order valence-corrected chi connectivity index (χ3v) is 16.0. The molecule has 9 heteroatoms. The van der Waals surface area contributed by atoms with Gasteiger partial charge in [-0.3, -0.25) is 4.79 Å². The van der Waals surface area contributed by atoms with Crippen molar-refractivity contribution in [1.82, 2.24) is 5.32 Å². The fraction of sp³-hybridized carbons (Fsp3) is 0.843. The molecule has 79 heavy (non-hydrogen) atoms. The van der Waals surface area contributed by atoms with Crippen molar-refractivity contribution in [2.75, 3.05) is 13.2 Å². The van der Waals surface area contributed by atoms with Crippen molar-refractivity contribution in [3.63, 3.8) is 0 Å². The van der Waals surface area contributed by atoms with Gasteiger partial charge in [-0.05, 0) is 77.0 Å². The fourth-order valence-electron chi connectivity index (χ4n) is 10.7. The van der Waals surface area contributed by atoms with E-state index in [9.17, 15) is 30.3 Å². The first-order valence-electron chi connectivity index (χ1n) is 34.0. The Balaban J connectivity index is 2.18. The standard InChI is InChI=1S/C70H129NO8/c1-3-5-7-9-11-13-15-17-19-21-23-25-27-28-29-30-31-32-33-34-35-36-38-39-41-43-45-47-49-51-53-55-57-59-64(73)63(62-78-70-69(77)68(76)67(75)65(61-72)79-70)71-66(74)60-58-56-54-52-50-48-46-44-42-40-37-26-24-22-20-18-16-14-12-10-8-6-4-2/h16,18,22,24,41,43,49,51,57,59,63-65,67-70,72-73,75-77H,3-15,17,19-21,23,25-40,42,44-48,50,52-56,58,60-62H2,1-2H3,(H,71,74)/b18-16-,24-22-,43-41+,51-49+,59-57+. The van der Waals surface area contributed by atoms with Crippen LogP contribution in [0.2, 0.25) is 0 Å². The summed E-state index contributed by atoms with van der Waals surface area (Å²) < 4.78 is 11.3. The highest BCUT2D eigenvalue weighted by Gasteiger charge is 2.44. The van der Waals surface area contributed by atoms with E-state index in [2.05, 4.69) is 67.8 Å². The maximum Gasteiger partial charge on any atom is 0.220 e. The Hall–Kier alpha value is -2.11. The van der Waals surface area contributed by atoms with E-state index in [4.69, 9.17) is 9.47 Å². The van der Waals surface area contributed by atoms with Crippen LogP contribution in [0.4, 0.5) is 0 Å². The van der Waals surface area contributed by atoms with Gasteiger partial charge in [0.1, 0.15) is 24.4 Å². The number of ether oxygens (including phenoxy) is 2. The van der Waals surface area contributed by atoms with E-state index in [-0.39, 0.29) is 12.5 Å². The lowest BCUT2D eigenvalue weighted by atomic mass is 9.99. The molecule has 7 unspecified atom stereocenters. The van der Waals surface area contributed by atoms with Gasteiger partial charge in [0.2, 0.25) is 5.91 Å². The second kappa shape index (κ2) is 59.1. The molecule has 6 N–H and O–H groups in total. The zero-order valence-electron chi connectivity index (χ0n) is 51.6. The summed E-state index contributed by atoms with van der Waals surface area (Å²) in [6.45, 7) is 3.78. The highest BCUT2D eigenvalue weighted by Crippen LogP contribution is 2.23. The molecule has 0 aromatic carbocycles. The summed E-state index contributed by atoms with van der Waals surface area (Å²) in [6, 6.07) is -0.833. The molecular formula is C70H129NO8. The Morgan fingerprint density at radius 3 is 1.14 bits per heavy atom. The minimum absolute atomic E-state index is 0.191. The van der Waals surface area contributed by atoms with Crippen molar-refractivity contribution in [3.8, 4) is 0 Å². The first-order valence-corrected chi connectivity index (χ1v) is 34.0. The molecule has 1 amide bonds. The van der Waals surface area contributed by atoms with Crippen molar-refractivity contribution in [3.05, 3.63) is 60.8 Å². The normalized spacial score (nSPS) is 18.9. The van der Waals surface area contributed by atoms with E-state index in [0.717, 1.165) is 51.4 Å². The predicted octanol–water partition coefficient (Wildman–Crippen LogP) is 18.2. The van der Waals surface area contributed by atoms with Crippen LogP contribution in [0.25, 0.3) is 0 Å². The van der Waals surface area contributed by atoms with Gasteiger partial charge in [-0.1, -0.05) is 299 Å². The first-order chi connectivity index (χ1) is 38.8. The number of rotatable bonds is 59. The number of carbonyl (C=O) groups excluding carboxylic acids is 1. The van der Waals surface area contributed by atoms with Crippen LogP contribution in [0.15, 0.2) is 60.8 Å². The van der Waals surface area contributed by atoms with Crippen LogP contribution in [0.1, 0.15) is 322 Å². The van der Waals surface area contributed by atoms with E-state index < -0.39 is 49.5 Å². The SMILES string of the molecule is CCCCCCC/C=C\C/C=C\CCCCCCCCCCCCCC(=O)NC(COC1OC(CO)C(O)C(O)C1O)C(O)/C=C/CC/C=C/CC/C=C/CCCCCCCCCCCCCCCCCCCCCCCCC. The van der Waals surface area contributed by atoms with Crippen molar-refractivity contribution in [2.24, 2.45) is 0 Å². The van der Waals surface area contributed by atoms with E-state index in [1.807, 2.05) is 6.08 Å². The maximum atomic E-state index is 13.1. The van der Waals surface area contributed by atoms with Crippen LogP contribution in [-0.4, -0.2) is 87.5 Å². The van der Waals surface area contributed by atoms with Gasteiger partial charge in [0.15, 0.2) is 6.29 Å². The lowest BCUT2D eigenvalue weighted by Gasteiger charge is -2.40. The molecule has 0 bridgehead atoms. The summed E-state index contributed by atoms with van der Waals surface area (Å²) in [6.07, 6.45) is 74.7. The zero-order chi connectivity index (χ0) is 57.2. The Bertz CT molecular complexity index is 1430. The van der Waals surface area contributed by atoms with Gasteiger partial charge in [0, 0.05) is 6.42 Å². The van der Waals surface area contributed by atoms with Crippen molar-refractivity contribution in [2.45, 2.75) is 365 Å². The van der Waals surface area contributed by atoms with Gasteiger partial charge in [0.05, 0.1) is 25.4 Å². The Morgan fingerprint density at radius 2 is 0.759 bits per heavy atom. The molecule has 0 aliphatic carbocycles. The van der Waals surface area contributed by atoms with Crippen LogP contribution in [0, 0.1) is 0 Å². The molecule has 1 aliphatic rings. The minimum atomic E-state index is -1.58. The number of unbranched alkanes of at least 4 members (excludes halogenated alkanes) is 41. The van der Waals surface area contributed by atoms with Gasteiger partial charge in [0.25, 0.3) is 0 Å². The van der Waals surface area contributed by atoms with Crippen LogP contribution < -0.4 is 5.32 Å². The zero-order valence-corrected chi connectivity index (χ0v) is 51.6. The van der Waals surface area contributed by atoms with Crippen LogP contribution in [0.3, 0.4) is 0 Å². The quantitative estimate of drug-likeness (QED) is 0.0261. The molecule has 1 aliphatic heterocycles. The van der Waals surface area contributed by atoms with Crippen molar-refractivity contribution < 1.29 is 39.8 Å². The summed E-state index contributed by atoms with van der Waals surface area (Å²) >= 11 is 0. The number of hydrogen-bond donors (Lipinski definition) is 6. The van der Waals surface area contributed by atoms with E-state index in [1.165, 1.54) is 250 Å². The average molecular weight is 1110 g/mol. The Morgan fingerprint density at radius 1 is 0.430 bits per heavy atom. The third kappa shape index (κ3) is 48.0. The Labute approximate surface area is 487 Å². The van der Waals surface area contributed by atoms with Gasteiger partial charge in [-0.15, -0.1) is 0 Å². The van der Waals surface area contributed by atoms with E-state index in [1.54, 1.807) is 6.08 Å². The second-order valence-electron chi connectivity index (χ2n) is 23.6. The van der Waals surface area contributed by atoms with Gasteiger partial charge in [-0.25, -0.2) is 0 Å². The molecule has 0 aromatic heterocycles. The second-order valence-corrected chi connectivity index (χ2v) is 23.6. The molecule has 1 rings (SSSR count). The molecule has 0 saturated carbocycles. The molecule has 0 radical (unpaired) electrons. The molecular weight excluding hydrogens is 983 g/mol. The molecule has 1 fully saturated rings. The molecule has 0 aromatic rings. The number of nitrogens with one attached hydrogen (secondary N) is 1. The smallest absolute Gasteiger partial charge is 0.220 e. The minimum Gasteiger partial charge on any atom is -0.394 e. The highest BCUT2D eigenvalue weighted by molar-refractivity contribution is 5.76. The lowest BCUT2D eigenvalue weighted by molar-refractivity contribution is -0.302. The summed E-state index contributed by atoms with van der Waals surface area (Å²) in [5.41, 5.74) is 0. The fourth-order valence-corrected chi connectivity index (χ4v) is 10.7. The van der Waals surface area contributed by atoms with Gasteiger partial charge < -0.3 is 40.3 Å². The van der Waals surface area contributed by atoms with Crippen LogP contribution in [-0.2, 0) is 14.3 Å². The molecule has 0 spiro atoms. The number of amides is 1. The van der Waals surface area contributed by atoms with Crippen LogP contribution >= 0.6 is 0 Å². The number of aliphatic hydroxyl groups is 5. The summed E-state index contributed by atoms with van der Waals surface area (Å²) in [5, 5.41) is 54.7. The molecule has 9 nitrogen and oxygen atoms in total. The topological polar surface area (TPSA) is 149 Å². The first kappa shape index (κ1) is 74.9. The average Bonchev–Trinajstić information content (AvgIpc) is 3.47. The largest absolute Gasteiger partial charge is 0.394 e. The van der Waals surface area contributed by atoms with E-state index in [0.29, 0.717) is 6.42 Å². The number of aliphatic hydroxyl groups excluding tert-OH is 5. The molecule has 1 saturated heterocycles. The molecule has 462 valence electrons. The van der Waals surface area contributed by atoms with E-state index >= 15 is 0 Å². The predicted molar refractivity (Wildman–Crippen MR) is 336 cm³/mol. The molecule has 1 heterocycles. The lowest BCUT2D eigenvalue weighted by Crippen LogP contribution is -2.60. The number of hydrogen-bond acceptors (Lipinski definition) is 8. The number of allylic oxidation sites excluding steroid dienone is 9. The van der Waals surface area contributed by atoms with Gasteiger partial charge in [-0.2, -0.15) is 0 Å². The van der Waals surface area contributed by atoms with Crippen molar-refractivity contribution in [1.29, 1.82) is 0 Å². The Kier molecular flexibility index (Phi) is 56.0. The summed E-state index contributed by atoms with van der Waals surface area (Å²) in [5.74, 6) is -0.191. The maximum absolute atomic E-state index is 13.1. The summed E-state index contributed by atoms with van der Waals surface area (Å²) in [7, 11) is 0. The molecule has 7 atom stereocenters. The summed E-state index contributed by atoms with van der Waals surface area (Å²) in [4.78, 5) is 13.1. The van der Waals surface area contributed by atoms with Crippen molar-refractivity contribution >= 4 is 5.91 Å². The van der Waals surface area contributed by atoms with Gasteiger partial charge >= 0.3 is 0 Å².